The number of rotatable bonds is 5. The zero-order valence-electron chi connectivity index (χ0n) is 12.6. The largest absolute Gasteiger partial charge is 0.506 e. The molecule has 9 heteroatoms. The van der Waals surface area contributed by atoms with Gasteiger partial charge in [-0.1, -0.05) is 6.92 Å². The lowest BCUT2D eigenvalue weighted by Crippen LogP contribution is -2.14. The zero-order valence-corrected chi connectivity index (χ0v) is 15.0. The Morgan fingerprint density at radius 3 is 2.65 bits per heavy atom. The van der Waals surface area contributed by atoms with Gasteiger partial charge in [0.05, 0.1) is 20.8 Å². The lowest BCUT2D eigenvalue weighted by molar-refractivity contribution is 0.102. The molecule has 1 heterocycles. The van der Waals surface area contributed by atoms with Gasteiger partial charge in [0.2, 0.25) is 0 Å². The molecule has 0 unspecified atom stereocenters. The number of carbonyl (C=O) groups is 1. The predicted molar refractivity (Wildman–Crippen MR) is 89.4 cm³/mol. The summed E-state index contributed by atoms with van der Waals surface area (Å²) < 4.78 is 25.9. The Balaban J connectivity index is 2.34. The Kier molecular flexibility index (Phi) is 5.10. The van der Waals surface area contributed by atoms with E-state index in [-0.39, 0.29) is 27.8 Å². The van der Waals surface area contributed by atoms with Crippen molar-refractivity contribution >= 4 is 37.4 Å². The molecule has 0 fully saturated rings. The first-order chi connectivity index (χ1) is 10.8. The second-order valence-electron chi connectivity index (χ2n) is 4.72. The van der Waals surface area contributed by atoms with E-state index >= 15 is 0 Å². The van der Waals surface area contributed by atoms with E-state index in [0.29, 0.717) is 11.0 Å². The lowest BCUT2D eigenvalue weighted by Gasteiger charge is -2.09. The number of aromatic nitrogens is 2. The number of benzene rings is 1. The van der Waals surface area contributed by atoms with Gasteiger partial charge in [-0.05, 0) is 41.1 Å². The van der Waals surface area contributed by atoms with Crippen molar-refractivity contribution in [2.75, 3.05) is 11.1 Å². The van der Waals surface area contributed by atoms with Crippen LogP contribution in [0.1, 0.15) is 24.3 Å². The summed E-state index contributed by atoms with van der Waals surface area (Å²) in [6.45, 7) is 4.00. The van der Waals surface area contributed by atoms with E-state index in [1.165, 1.54) is 25.1 Å². The molecule has 2 N–H and O–H groups in total. The van der Waals surface area contributed by atoms with Crippen molar-refractivity contribution in [2.24, 2.45) is 0 Å². The molecule has 0 spiro atoms. The van der Waals surface area contributed by atoms with E-state index in [9.17, 15) is 18.3 Å². The maximum absolute atomic E-state index is 12.3. The topological polar surface area (TPSA) is 101 Å². The number of halogens is 1. The van der Waals surface area contributed by atoms with Crippen molar-refractivity contribution in [1.82, 2.24) is 9.78 Å². The molecule has 0 saturated carbocycles. The van der Waals surface area contributed by atoms with Crippen LogP contribution >= 0.6 is 15.9 Å². The Hall–Kier alpha value is -1.87. The summed E-state index contributed by atoms with van der Waals surface area (Å²) in [5, 5.41) is 16.4. The van der Waals surface area contributed by atoms with E-state index in [1.54, 1.807) is 10.9 Å². The molecule has 1 aromatic carbocycles. The van der Waals surface area contributed by atoms with Crippen LogP contribution in [0.15, 0.2) is 33.8 Å². The molecule has 0 aliphatic heterocycles. The number of hydrogen-bond donors (Lipinski definition) is 2. The number of nitrogens with zero attached hydrogens (tertiary/aromatic N) is 2. The van der Waals surface area contributed by atoms with Gasteiger partial charge in [-0.25, -0.2) is 8.42 Å². The van der Waals surface area contributed by atoms with Crippen LogP contribution in [0.2, 0.25) is 0 Å². The normalized spacial score (nSPS) is 11.4. The number of phenols is 1. The van der Waals surface area contributed by atoms with Crippen LogP contribution in [-0.4, -0.2) is 35.0 Å². The van der Waals surface area contributed by atoms with Crippen molar-refractivity contribution < 1.29 is 18.3 Å². The molecule has 0 bridgehead atoms. The molecule has 1 aromatic heterocycles. The Morgan fingerprint density at radius 1 is 1.39 bits per heavy atom. The van der Waals surface area contributed by atoms with Crippen molar-refractivity contribution in [2.45, 2.75) is 25.3 Å². The van der Waals surface area contributed by atoms with Crippen LogP contribution in [-0.2, 0) is 16.4 Å². The number of phenolic OH excluding ortho intramolecular Hbond substituents is 1. The number of aromatic hydroxyl groups is 1. The highest BCUT2D eigenvalue weighted by atomic mass is 79.9. The highest BCUT2D eigenvalue weighted by Gasteiger charge is 2.19. The van der Waals surface area contributed by atoms with E-state index < -0.39 is 15.7 Å². The summed E-state index contributed by atoms with van der Waals surface area (Å²) >= 11 is 3.25. The summed E-state index contributed by atoms with van der Waals surface area (Å²) in [5.41, 5.74) is 0.164. The molecule has 2 rings (SSSR count). The van der Waals surface area contributed by atoms with Gasteiger partial charge < -0.3 is 10.4 Å². The number of nitrogens with one attached hydrogen (secondary N) is 1. The molecule has 0 atom stereocenters. The van der Waals surface area contributed by atoms with Crippen LogP contribution in [0.4, 0.5) is 5.69 Å². The fourth-order valence-electron chi connectivity index (χ4n) is 1.87. The third kappa shape index (κ3) is 3.73. The number of aryl methyl sites for hydroxylation is 1. The smallest absolute Gasteiger partial charge is 0.277 e. The van der Waals surface area contributed by atoms with Gasteiger partial charge in [0.25, 0.3) is 5.91 Å². The zero-order chi connectivity index (χ0) is 17.2. The third-order valence-corrected chi connectivity index (χ3v) is 5.52. The van der Waals surface area contributed by atoms with Gasteiger partial charge in [0.15, 0.2) is 15.5 Å². The molecule has 23 heavy (non-hydrogen) atoms. The molecule has 0 aliphatic rings. The molecule has 7 nitrogen and oxygen atoms in total. The third-order valence-electron chi connectivity index (χ3n) is 3.21. The van der Waals surface area contributed by atoms with Crippen LogP contribution in [0.5, 0.6) is 5.75 Å². The van der Waals surface area contributed by atoms with E-state index in [4.69, 9.17) is 0 Å². The number of hydrogen-bond acceptors (Lipinski definition) is 5. The van der Waals surface area contributed by atoms with Gasteiger partial charge in [-0.15, -0.1) is 0 Å². The fraction of sp³-hybridized carbons (Fsp3) is 0.286. The number of carbonyl (C=O) groups excluding carboxylic acids is 1. The van der Waals surface area contributed by atoms with Crippen LogP contribution in [0.25, 0.3) is 0 Å². The summed E-state index contributed by atoms with van der Waals surface area (Å²) in [6.07, 6.45) is 1.66. The molecule has 0 radical (unpaired) electrons. The SMILES string of the molecule is CCn1cc(Br)c(C(=O)Nc2cc(S(=O)(=O)CC)ccc2O)n1. The average molecular weight is 402 g/mol. The lowest BCUT2D eigenvalue weighted by atomic mass is 10.3. The maximum Gasteiger partial charge on any atom is 0.277 e. The van der Waals surface area contributed by atoms with Gasteiger partial charge in [-0.2, -0.15) is 5.10 Å². The highest BCUT2D eigenvalue weighted by Crippen LogP contribution is 2.28. The Bertz CT molecular complexity index is 846. The minimum atomic E-state index is -3.44. The van der Waals surface area contributed by atoms with Gasteiger partial charge in [-0.3, -0.25) is 9.48 Å². The molecule has 0 saturated heterocycles. The summed E-state index contributed by atoms with van der Waals surface area (Å²) in [4.78, 5) is 12.3. The molecule has 1 amide bonds. The first-order valence-electron chi connectivity index (χ1n) is 6.88. The molecule has 0 aliphatic carbocycles. The van der Waals surface area contributed by atoms with Crippen molar-refractivity contribution in [1.29, 1.82) is 0 Å². The van der Waals surface area contributed by atoms with Crippen LogP contribution in [0, 0.1) is 0 Å². The Morgan fingerprint density at radius 2 is 2.09 bits per heavy atom. The summed E-state index contributed by atoms with van der Waals surface area (Å²) in [7, 11) is -3.44. The van der Waals surface area contributed by atoms with Crippen molar-refractivity contribution in [3.05, 3.63) is 34.6 Å². The monoisotopic (exact) mass is 401 g/mol. The first kappa shape index (κ1) is 17.5. The fourth-order valence-corrected chi connectivity index (χ4v) is 3.27. The quantitative estimate of drug-likeness (QED) is 0.748. The first-order valence-corrected chi connectivity index (χ1v) is 9.33. The highest BCUT2D eigenvalue weighted by molar-refractivity contribution is 9.10. The van der Waals surface area contributed by atoms with Crippen LogP contribution < -0.4 is 5.32 Å². The second-order valence-corrected chi connectivity index (χ2v) is 7.85. The number of anilines is 1. The molecular weight excluding hydrogens is 386 g/mol. The molecular formula is C14H16BrN3O4S. The van der Waals surface area contributed by atoms with Crippen molar-refractivity contribution in [3.63, 3.8) is 0 Å². The van der Waals surface area contributed by atoms with Gasteiger partial charge in [0.1, 0.15) is 5.75 Å². The maximum atomic E-state index is 12.3. The number of amides is 1. The average Bonchev–Trinajstić information content (AvgIpc) is 2.90. The van der Waals surface area contributed by atoms with Gasteiger partial charge in [0, 0.05) is 12.7 Å². The Labute approximate surface area is 142 Å². The standard InChI is InChI=1S/C14H16BrN3O4S/c1-3-18-8-10(15)13(17-18)14(20)16-11-7-9(5-6-12(11)19)23(21,22)4-2/h5-8,19H,3-4H2,1-2H3,(H,16,20). The minimum absolute atomic E-state index is 0.0162. The summed E-state index contributed by atoms with van der Waals surface area (Å²) in [6, 6.07) is 3.76. The van der Waals surface area contributed by atoms with E-state index in [0.717, 1.165) is 0 Å². The predicted octanol–water partition coefficient (Wildman–Crippen LogP) is 2.42. The second kappa shape index (κ2) is 6.71. The van der Waals surface area contributed by atoms with E-state index in [2.05, 4.69) is 26.3 Å². The van der Waals surface area contributed by atoms with Gasteiger partial charge >= 0.3 is 0 Å². The minimum Gasteiger partial charge on any atom is -0.506 e. The van der Waals surface area contributed by atoms with Crippen molar-refractivity contribution in [3.8, 4) is 5.75 Å². The van der Waals surface area contributed by atoms with Crippen LogP contribution in [0.3, 0.4) is 0 Å². The number of sulfone groups is 1. The summed E-state index contributed by atoms with van der Waals surface area (Å²) in [5.74, 6) is -0.845. The molecule has 124 valence electrons. The molecule has 2 aromatic rings. The van der Waals surface area contributed by atoms with E-state index in [1.807, 2.05) is 6.92 Å².